The van der Waals surface area contributed by atoms with Crippen molar-refractivity contribution in [1.29, 1.82) is 0 Å². The van der Waals surface area contributed by atoms with Crippen LogP contribution in [0.2, 0.25) is 0 Å². The van der Waals surface area contributed by atoms with Crippen molar-refractivity contribution in [3.8, 4) is 22.9 Å². The minimum Gasteiger partial charge on any atom is -0.508 e. The molecule has 0 amide bonds. The Labute approximate surface area is 111 Å². The van der Waals surface area contributed by atoms with Crippen LogP contribution in [0.4, 0.5) is 0 Å². The molecule has 0 aliphatic heterocycles. The first-order valence-corrected chi connectivity index (χ1v) is 6.60. The van der Waals surface area contributed by atoms with Gasteiger partial charge in [-0.05, 0) is 31.9 Å². The average Bonchev–Trinajstić information content (AvgIpc) is 2.98. The van der Waals surface area contributed by atoms with Crippen LogP contribution in [0.15, 0.2) is 18.2 Å². The standard InChI is InChI=1S/C14H17N3O2/c1-9-15-16-14(17(9)10-4-2-3-5-10)12-7-6-11(18)8-13(12)19/h6-8,10,18-19H,2-5H2,1H3. The molecule has 1 aliphatic rings. The van der Waals surface area contributed by atoms with Crippen LogP contribution in [0.1, 0.15) is 37.5 Å². The molecule has 1 fully saturated rings. The summed E-state index contributed by atoms with van der Waals surface area (Å²) in [6.45, 7) is 1.94. The van der Waals surface area contributed by atoms with Crippen LogP contribution < -0.4 is 0 Å². The van der Waals surface area contributed by atoms with E-state index in [1.54, 1.807) is 12.1 Å². The van der Waals surface area contributed by atoms with Gasteiger partial charge in [0.1, 0.15) is 17.3 Å². The molecule has 2 aromatic rings. The summed E-state index contributed by atoms with van der Waals surface area (Å²) in [6, 6.07) is 4.98. The van der Waals surface area contributed by atoms with Crippen molar-refractivity contribution in [2.45, 2.75) is 38.6 Å². The van der Waals surface area contributed by atoms with Crippen molar-refractivity contribution >= 4 is 0 Å². The third-order valence-electron chi connectivity index (χ3n) is 3.78. The lowest BCUT2D eigenvalue weighted by atomic mass is 10.1. The second-order valence-electron chi connectivity index (χ2n) is 5.08. The Morgan fingerprint density at radius 3 is 2.58 bits per heavy atom. The molecular weight excluding hydrogens is 242 g/mol. The van der Waals surface area contributed by atoms with Gasteiger partial charge in [0.05, 0.1) is 5.56 Å². The zero-order valence-corrected chi connectivity index (χ0v) is 10.9. The number of nitrogens with zero attached hydrogens (tertiary/aromatic N) is 3. The summed E-state index contributed by atoms with van der Waals surface area (Å²) in [4.78, 5) is 0. The van der Waals surface area contributed by atoms with E-state index in [1.165, 1.54) is 18.9 Å². The number of hydrogen-bond acceptors (Lipinski definition) is 4. The van der Waals surface area contributed by atoms with Gasteiger partial charge in [0.15, 0.2) is 5.82 Å². The highest BCUT2D eigenvalue weighted by atomic mass is 16.3. The number of hydrogen-bond donors (Lipinski definition) is 2. The number of aromatic hydroxyl groups is 2. The van der Waals surface area contributed by atoms with Crippen molar-refractivity contribution in [3.63, 3.8) is 0 Å². The van der Waals surface area contributed by atoms with Crippen LogP contribution >= 0.6 is 0 Å². The summed E-state index contributed by atoms with van der Waals surface area (Å²) in [5.41, 5.74) is 0.616. The molecule has 0 saturated heterocycles. The molecule has 1 aromatic heterocycles. The van der Waals surface area contributed by atoms with Crippen LogP contribution in [-0.2, 0) is 0 Å². The van der Waals surface area contributed by atoms with Gasteiger partial charge in [0.25, 0.3) is 0 Å². The monoisotopic (exact) mass is 259 g/mol. The molecule has 1 saturated carbocycles. The molecule has 1 aromatic carbocycles. The van der Waals surface area contributed by atoms with E-state index in [2.05, 4.69) is 14.8 Å². The van der Waals surface area contributed by atoms with E-state index in [9.17, 15) is 10.2 Å². The number of benzene rings is 1. The normalized spacial score (nSPS) is 16.1. The zero-order valence-electron chi connectivity index (χ0n) is 10.9. The molecule has 19 heavy (non-hydrogen) atoms. The molecule has 3 rings (SSSR count). The minimum atomic E-state index is 0.0339. The zero-order chi connectivity index (χ0) is 13.4. The lowest BCUT2D eigenvalue weighted by Gasteiger charge is -2.16. The van der Waals surface area contributed by atoms with E-state index in [4.69, 9.17) is 0 Å². The summed E-state index contributed by atoms with van der Waals surface area (Å²) in [6.07, 6.45) is 4.71. The van der Waals surface area contributed by atoms with E-state index in [1.807, 2.05) is 6.92 Å². The second-order valence-corrected chi connectivity index (χ2v) is 5.08. The fourth-order valence-electron chi connectivity index (χ4n) is 2.86. The van der Waals surface area contributed by atoms with Crippen LogP contribution in [0.25, 0.3) is 11.4 Å². The maximum atomic E-state index is 9.98. The van der Waals surface area contributed by atoms with E-state index in [0.29, 0.717) is 17.4 Å². The molecular formula is C14H17N3O2. The second kappa shape index (κ2) is 4.57. The third kappa shape index (κ3) is 2.05. The van der Waals surface area contributed by atoms with Gasteiger partial charge in [-0.25, -0.2) is 0 Å². The molecule has 1 heterocycles. The third-order valence-corrected chi connectivity index (χ3v) is 3.78. The van der Waals surface area contributed by atoms with Crippen molar-refractivity contribution < 1.29 is 10.2 Å². The van der Waals surface area contributed by atoms with Gasteiger partial charge >= 0.3 is 0 Å². The summed E-state index contributed by atoms with van der Waals surface area (Å²) in [5, 5.41) is 27.7. The first kappa shape index (κ1) is 12.0. The molecule has 5 heteroatoms. The molecule has 0 spiro atoms. The van der Waals surface area contributed by atoms with Crippen LogP contribution in [0.5, 0.6) is 11.5 Å². The lowest BCUT2D eigenvalue weighted by molar-refractivity contribution is 0.450. The predicted molar refractivity (Wildman–Crippen MR) is 71.0 cm³/mol. The van der Waals surface area contributed by atoms with E-state index >= 15 is 0 Å². The summed E-state index contributed by atoms with van der Waals surface area (Å²) >= 11 is 0. The molecule has 5 nitrogen and oxygen atoms in total. The molecule has 0 unspecified atom stereocenters. The van der Waals surface area contributed by atoms with Gasteiger partial charge in [-0.3, -0.25) is 0 Å². The van der Waals surface area contributed by atoms with Crippen LogP contribution in [0.3, 0.4) is 0 Å². The van der Waals surface area contributed by atoms with E-state index < -0.39 is 0 Å². The number of phenols is 2. The van der Waals surface area contributed by atoms with E-state index in [-0.39, 0.29) is 11.5 Å². The van der Waals surface area contributed by atoms with Gasteiger partial charge in [-0.2, -0.15) is 0 Å². The predicted octanol–water partition coefficient (Wildman–Crippen LogP) is 2.78. The Balaban J connectivity index is 2.09. The summed E-state index contributed by atoms with van der Waals surface area (Å²) in [7, 11) is 0. The SMILES string of the molecule is Cc1nnc(-c2ccc(O)cc2O)n1C1CCCC1. The van der Waals surface area contributed by atoms with Crippen molar-refractivity contribution in [2.75, 3.05) is 0 Å². The fourth-order valence-corrected chi connectivity index (χ4v) is 2.86. The van der Waals surface area contributed by atoms with Crippen LogP contribution in [0, 0.1) is 6.92 Å². The number of aryl methyl sites for hydroxylation is 1. The smallest absolute Gasteiger partial charge is 0.167 e. The maximum Gasteiger partial charge on any atom is 0.167 e. The number of phenolic OH excluding ortho intramolecular Hbond substituents is 2. The first-order valence-electron chi connectivity index (χ1n) is 6.60. The van der Waals surface area contributed by atoms with Crippen molar-refractivity contribution in [3.05, 3.63) is 24.0 Å². The van der Waals surface area contributed by atoms with Gasteiger partial charge < -0.3 is 14.8 Å². The van der Waals surface area contributed by atoms with Crippen molar-refractivity contribution in [1.82, 2.24) is 14.8 Å². The van der Waals surface area contributed by atoms with Gasteiger partial charge in [-0.15, -0.1) is 10.2 Å². The lowest BCUT2D eigenvalue weighted by Crippen LogP contribution is -2.08. The largest absolute Gasteiger partial charge is 0.508 e. The first-order chi connectivity index (χ1) is 9.16. The van der Waals surface area contributed by atoms with Gasteiger partial charge in [0.2, 0.25) is 0 Å². The molecule has 2 N–H and O–H groups in total. The number of aromatic nitrogens is 3. The highest BCUT2D eigenvalue weighted by molar-refractivity contribution is 5.65. The Morgan fingerprint density at radius 1 is 1.16 bits per heavy atom. The quantitative estimate of drug-likeness (QED) is 0.870. The number of rotatable bonds is 2. The Morgan fingerprint density at radius 2 is 1.89 bits per heavy atom. The minimum absolute atomic E-state index is 0.0339. The highest BCUT2D eigenvalue weighted by Crippen LogP contribution is 2.37. The summed E-state index contributed by atoms with van der Waals surface area (Å²) < 4.78 is 2.11. The molecule has 0 radical (unpaired) electrons. The highest BCUT2D eigenvalue weighted by Gasteiger charge is 2.24. The molecule has 100 valence electrons. The van der Waals surface area contributed by atoms with E-state index in [0.717, 1.165) is 18.7 Å². The fraction of sp³-hybridized carbons (Fsp3) is 0.429. The van der Waals surface area contributed by atoms with Gasteiger partial charge in [-0.1, -0.05) is 12.8 Å². The molecule has 0 atom stereocenters. The molecule has 1 aliphatic carbocycles. The topological polar surface area (TPSA) is 71.2 Å². The Kier molecular flexibility index (Phi) is 2.89. The van der Waals surface area contributed by atoms with Crippen molar-refractivity contribution in [2.24, 2.45) is 0 Å². The average molecular weight is 259 g/mol. The Hall–Kier alpha value is -2.04. The molecule has 0 bridgehead atoms. The van der Waals surface area contributed by atoms with Crippen LogP contribution in [-0.4, -0.2) is 25.0 Å². The Bertz CT molecular complexity index is 601. The van der Waals surface area contributed by atoms with Gasteiger partial charge in [0, 0.05) is 12.1 Å². The summed E-state index contributed by atoms with van der Waals surface area (Å²) in [5.74, 6) is 1.63. The maximum absolute atomic E-state index is 9.98.